The number of dihydropyridines is 2. The molecular formula is C42H46N6O7. The fraction of sp³-hybridized carbons (Fsp3) is 0.429. The van der Waals surface area contributed by atoms with Crippen molar-refractivity contribution in [1.29, 1.82) is 0 Å². The summed E-state index contributed by atoms with van der Waals surface area (Å²) in [5.74, 6) is 1.23. The average molecular weight is 747 g/mol. The predicted molar refractivity (Wildman–Crippen MR) is 205 cm³/mol. The zero-order valence-corrected chi connectivity index (χ0v) is 31.2. The summed E-state index contributed by atoms with van der Waals surface area (Å²) in [6.45, 7) is 6.18. The summed E-state index contributed by atoms with van der Waals surface area (Å²) < 4.78 is 27.0. The number of aromatic hydroxyl groups is 1. The van der Waals surface area contributed by atoms with Crippen LogP contribution in [0, 0.1) is 6.92 Å². The molecule has 8 heterocycles. The normalized spacial score (nSPS) is 29.4. The van der Waals surface area contributed by atoms with Crippen molar-refractivity contribution in [2.75, 3.05) is 0 Å². The number of aryl methyl sites for hydroxylation is 1. The maximum atomic E-state index is 14.1. The molecule has 13 heteroatoms. The van der Waals surface area contributed by atoms with Gasteiger partial charge in [0.15, 0.2) is 11.0 Å². The van der Waals surface area contributed by atoms with Crippen LogP contribution in [-0.2, 0) is 20.8 Å². The average Bonchev–Trinajstić information content (AvgIpc) is 3.44. The van der Waals surface area contributed by atoms with E-state index in [1.54, 1.807) is 13.0 Å². The Bertz CT molecular complexity index is 2470. The number of nitrogens with one attached hydrogen (secondary N) is 3. The molecule has 2 saturated heterocycles. The summed E-state index contributed by atoms with van der Waals surface area (Å²) in [5.41, 5.74) is 17.5. The van der Waals surface area contributed by atoms with Crippen LogP contribution in [0.15, 0.2) is 92.1 Å². The van der Waals surface area contributed by atoms with Gasteiger partial charge < -0.3 is 55.4 Å². The van der Waals surface area contributed by atoms with Gasteiger partial charge in [0.2, 0.25) is 0 Å². The minimum atomic E-state index is -1.04. The van der Waals surface area contributed by atoms with Crippen molar-refractivity contribution >= 4 is 27.8 Å². The van der Waals surface area contributed by atoms with Crippen LogP contribution in [0.3, 0.4) is 0 Å². The van der Waals surface area contributed by atoms with Gasteiger partial charge in [0.1, 0.15) is 45.8 Å². The van der Waals surface area contributed by atoms with E-state index in [-0.39, 0.29) is 46.3 Å². The van der Waals surface area contributed by atoms with Gasteiger partial charge in [0.05, 0.1) is 29.5 Å². The first-order chi connectivity index (χ1) is 26.4. The molecule has 10 rings (SSSR count). The maximum Gasteiger partial charge on any atom is 0.341 e. The van der Waals surface area contributed by atoms with Crippen molar-refractivity contribution in [2.45, 2.75) is 114 Å². The number of carbonyl (C=O) groups excluding carboxylic acids is 1. The number of esters is 1. The molecule has 1 spiro atoms. The molecule has 55 heavy (non-hydrogen) atoms. The van der Waals surface area contributed by atoms with Crippen LogP contribution in [0.2, 0.25) is 0 Å². The second kappa shape index (κ2) is 12.0. The van der Waals surface area contributed by atoms with Gasteiger partial charge in [-0.15, -0.1) is 0 Å². The van der Waals surface area contributed by atoms with Gasteiger partial charge in [-0.1, -0.05) is 6.08 Å². The number of ether oxygens (including phenoxy) is 3. The number of carbonyl (C=O) groups is 1. The number of phenolic OH excluding ortho intramolecular Hbond substituents is 1. The van der Waals surface area contributed by atoms with E-state index < -0.39 is 23.3 Å². The van der Waals surface area contributed by atoms with Crippen molar-refractivity contribution in [3.63, 3.8) is 0 Å². The van der Waals surface area contributed by atoms with E-state index in [0.29, 0.717) is 60.8 Å². The summed E-state index contributed by atoms with van der Waals surface area (Å²) >= 11 is 0. The summed E-state index contributed by atoms with van der Waals surface area (Å²) in [6.07, 6.45) is 14.3. The quantitative estimate of drug-likeness (QED) is 0.119. The number of hydrogen-bond donors (Lipinski definition) is 6. The summed E-state index contributed by atoms with van der Waals surface area (Å²) in [7, 11) is 0. The zero-order valence-electron chi connectivity index (χ0n) is 31.2. The Hall–Kier alpha value is -5.56. The standard InChI is InChI=1S/C42H46N6O7/c1-20-13-29(49)35-30(52-20)16-31-34(37(35)50)26-5-4-11-42(40(51)53-38(26)41(2,3)54-31)32(55-42)9-6-21-14-33(43)47-36-24(21)7-8-25-27(36)15-23(46-39(25)44)18-48-17-22-10-12-45-28(22)19-48/h10,12-17,19,23,26,32,36,38,45-47,50H,4-9,11,18,43-44H2,1-3H3/t23?,26-,32+,36?,38+,42-/m0/s1. The molecule has 6 aliphatic rings. The number of epoxide rings is 1. The van der Waals surface area contributed by atoms with Gasteiger partial charge in [-0.2, -0.15) is 0 Å². The highest BCUT2D eigenvalue weighted by Gasteiger charge is 2.65. The molecule has 13 nitrogen and oxygen atoms in total. The number of nitrogens with zero attached hydrogens (tertiary/aromatic N) is 1. The lowest BCUT2D eigenvalue weighted by molar-refractivity contribution is -0.173. The first-order valence-corrected chi connectivity index (χ1v) is 19.3. The van der Waals surface area contributed by atoms with Crippen molar-refractivity contribution in [3.05, 3.63) is 104 Å². The number of fused-ring (bicyclic) bond motifs is 8. The van der Waals surface area contributed by atoms with Crippen molar-refractivity contribution in [3.8, 4) is 11.5 Å². The monoisotopic (exact) mass is 746 g/mol. The van der Waals surface area contributed by atoms with Crippen LogP contribution in [0.5, 0.6) is 11.5 Å². The van der Waals surface area contributed by atoms with Gasteiger partial charge in [-0.25, -0.2) is 4.79 Å². The molecule has 1 aliphatic carbocycles. The summed E-state index contributed by atoms with van der Waals surface area (Å²) in [4.78, 5) is 30.3. The number of benzene rings is 1. The number of aromatic nitrogens is 2. The Balaban J connectivity index is 0.870. The minimum Gasteiger partial charge on any atom is -0.507 e. The molecule has 0 amide bonds. The molecule has 5 aliphatic heterocycles. The van der Waals surface area contributed by atoms with Gasteiger partial charge >= 0.3 is 5.97 Å². The second-order valence-corrected chi connectivity index (χ2v) is 16.6. The Morgan fingerprint density at radius 1 is 1.11 bits per heavy atom. The Morgan fingerprint density at radius 2 is 1.96 bits per heavy atom. The molecule has 6 atom stereocenters. The predicted octanol–water partition coefficient (Wildman–Crippen LogP) is 4.99. The highest BCUT2D eigenvalue weighted by molar-refractivity contribution is 5.88. The number of H-pyrrole nitrogens is 1. The smallest absolute Gasteiger partial charge is 0.341 e. The fourth-order valence-electron chi connectivity index (χ4n) is 10.1. The molecule has 3 fully saturated rings. The molecule has 4 aromatic rings. The number of rotatable bonds is 5. The van der Waals surface area contributed by atoms with Crippen LogP contribution in [0.4, 0.5) is 0 Å². The van der Waals surface area contributed by atoms with Crippen molar-refractivity contribution in [1.82, 2.24) is 20.2 Å². The largest absolute Gasteiger partial charge is 0.507 e. The number of phenols is 1. The van der Waals surface area contributed by atoms with Gasteiger partial charge in [-0.05, 0) is 100 Å². The van der Waals surface area contributed by atoms with E-state index in [1.165, 1.54) is 28.2 Å². The Labute approximate surface area is 317 Å². The highest BCUT2D eigenvalue weighted by atomic mass is 16.7. The summed E-state index contributed by atoms with van der Waals surface area (Å²) in [5, 5.41) is 19.8. The van der Waals surface area contributed by atoms with Gasteiger partial charge in [0.25, 0.3) is 0 Å². The third-order valence-electron chi connectivity index (χ3n) is 12.6. The molecule has 0 radical (unpaired) electrons. The van der Waals surface area contributed by atoms with E-state index in [0.717, 1.165) is 30.5 Å². The van der Waals surface area contributed by atoms with Crippen LogP contribution in [-0.4, -0.2) is 56.1 Å². The zero-order chi connectivity index (χ0) is 38.0. The fourth-order valence-corrected chi connectivity index (χ4v) is 10.1. The SMILES string of the molecule is Cc1cc(=O)c2c(O)c3c(cc2o1)OC(C)(C)[C@@H]1OC(=O)[C@@]2(CCC[C@@H]31)O[C@@H]2CCC1=C2CCC3=C(N)NC(Cn4cc5cc[nH]c5c4)C=C3C2NC(N)=C1. The van der Waals surface area contributed by atoms with Crippen LogP contribution in [0.1, 0.15) is 76.0 Å². The van der Waals surface area contributed by atoms with E-state index in [2.05, 4.69) is 44.7 Å². The molecule has 2 unspecified atom stereocenters. The van der Waals surface area contributed by atoms with Crippen LogP contribution < -0.4 is 32.3 Å². The van der Waals surface area contributed by atoms with Crippen molar-refractivity contribution < 1.29 is 28.5 Å². The molecule has 0 bridgehead atoms. The van der Waals surface area contributed by atoms with Gasteiger partial charge in [-0.3, -0.25) is 4.79 Å². The molecule has 286 valence electrons. The number of allylic oxidation sites excluding steroid dienone is 2. The second-order valence-electron chi connectivity index (χ2n) is 16.6. The van der Waals surface area contributed by atoms with Crippen LogP contribution >= 0.6 is 0 Å². The first kappa shape index (κ1) is 34.0. The Kier molecular flexibility index (Phi) is 7.39. The number of hydrogen-bond acceptors (Lipinski definition) is 11. The molecule has 1 saturated carbocycles. The molecular weight excluding hydrogens is 700 g/mol. The lowest BCUT2D eigenvalue weighted by atomic mass is 9.75. The molecule has 3 aromatic heterocycles. The maximum absolute atomic E-state index is 14.1. The highest BCUT2D eigenvalue weighted by Crippen LogP contribution is 2.55. The summed E-state index contributed by atoms with van der Waals surface area (Å²) in [6, 6.07) is 5.03. The topological polar surface area (TPSA) is 195 Å². The van der Waals surface area contributed by atoms with Gasteiger partial charge in [0, 0.05) is 54.1 Å². The third-order valence-corrected chi connectivity index (χ3v) is 12.6. The Morgan fingerprint density at radius 3 is 2.80 bits per heavy atom. The first-order valence-electron chi connectivity index (χ1n) is 19.3. The molecule has 1 aromatic carbocycles. The minimum absolute atomic E-state index is 0.0110. The van der Waals surface area contributed by atoms with Crippen molar-refractivity contribution in [2.24, 2.45) is 11.5 Å². The lowest BCUT2D eigenvalue weighted by Crippen LogP contribution is -2.53. The van der Waals surface area contributed by atoms with E-state index >= 15 is 0 Å². The lowest BCUT2D eigenvalue weighted by Gasteiger charge is -2.45. The van der Waals surface area contributed by atoms with E-state index in [1.807, 2.05) is 26.1 Å². The van der Waals surface area contributed by atoms with E-state index in [9.17, 15) is 14.7 Å². The number of aromatic amines is 1. The van der Waals surface area contributed by atoms with E-state index in [4.69, 9.17) is 30.1 Å². The number of nitrogens with two attached hydrogens (primary N) is 2. The third kappa shape index (κ3) is 5.37. The molecule has 8 N–H and O–H groups in total. The van der Waals surface area contributed by atoms with Crippen LogP contribution in [0.25, 0.3) is 21.9 Å².